The van der Waals surface area contributed by atoms with Crippen LogP contribution in [0.15, 0.2) is 53.9 Å². The molecule has 0 atom stereocenters. The number of benzene rings is 1. The number of pyridine rings is 1. The number of aromatic amines is 1. The van der Waals surface area contributed by atoms with E-state index in [0.29, 0.717) is 17.5 Å². The Hall–Kier alpha value is -2.87. The van der Waals surface area contributed by atoms with E-state index in [-0.39, 0.29) is 11.7 Å². The van der Waals surface area contributed by atoms with E-state index in [4.69, 9.17) is 0 Å². The maximum atomic E-state index is 12.0. The number of amides is 1. The fourth-order valence-electron chi connectivity index (χ4n) is 2.24. The molecular weight excluding hydrogens is 348 g/mol. The summed E-state index contributed by atoms with van der Waals surface area (Å²) >= 11 is 1.30. The summed E-state index contributed by atoms with van der Waals surface area (Å²) < 4.78 is 0. The summed E-state index contributed by atoms with van der Waals surface area (Å²) in [6.45, 7) is 0.503. The number of carbonyl (C=O) groups excluding carboxylic acids is 1. The van der Waals surface area contributed by atoms with Gasteiger partial charge in [0, 0.05) is 44.3 Å². The Morgan fingerprint density at radius 2 is 1.88 bits per heavy atom. The molecule has 1 amide bonds. The molecule has 0 unspecified atom stereocenters. The van der Waals surface area contributed by atoms with Crippen molar-refractivity contribution in [2.24, 2.45) is 0 Å². The van der Waals surface area contributed by atoms with E-state index in [1.165, 1.54) is 11.8 Å². The summed E-state index contributed by atoms with van der Waals surface area (Å²) in [4.78, 5) is 22.4. The van der Waals surface area contributed by atoms with Crippen LogP contribution < -0.4 is 10.2 Å². The molecule has 2 aromatic heterocycles. The molecule has 0 aliphatic rings. The Balaban J connectivity index is 1.46. The number of hydrogen-bond donors (Lipinski definition) is 2. The molecule has 0 aliphatic carbocycles. The van der Waals surface area contributed by atoms with E-state index in [0.717, 1.165) is 16.8 Å². The molecular formula is C18H20N6OS. The molecule has 3 rings (SSSR count). The summed E-state index contributed by atoms with van der Waals surface area (Å²) in [6, 6.07) is 11.8. The highest BCUT2D eigenvalue weighted by Gasteiger charge is 2.09. The van der Waals surface area contributed by atoms with Crippen LogP contribution in [0.4, 0.5) is 5.69 Å². The molecule has 3 aromatic rings. The van der Waals surface area contributed by atoms with Gasteiger partial charge in [-0.1, -0.05) is 23.9 Å². The van der Waals surface area contributed by atoms with Crippen molar-refractivity contribution in [2.75, 3.05) is 24.7 Å². The molecule has 8 heteroatoms. The number of thioether (sulfide) groups is 1. The summed E-state index contributed by atoms with van der Waals surface area (Å²) in [5.41, 5.74) is 3.10. The number of anilines is 1. The first kappa shape index (κ1) is 17.9. The van der Waals surface area contributed by atoms with Crippen molar-refractivity contribution in [1.29, 1.82) is 0 Å². The molecule has 0 bridgehead atoms. The Kier molecular flexibility index (Phi) is 5.85. The van der Waals surface area contributed by atoms with Crippen LogP contribution in [0, 0.1) is 0 Å². The predicted molar refractivity (Wildman–Crippen MR) is 103 cm³/mol. The predicted octanol–water partition coefficient (Wildman–Crippen LogP) is 2.34. The van der Waals surface area contributed by atoms with E-state index >= 15 is 0 Å². The van der Waals surface area contributed by atoms with Crippen molar-refractivity contribution in [3.63, 3.8) is 0 Å². The van der Waals surface area contributed by atoms with E-state index < -0.39 is 0 Å². The summed E-state index contributed by atoms with van der Waals surface area (Å²) in [6.07, 6.45) is 3.40. The van der Waals surface area contributed by atoms with Crippen molar-refractivity contribution in [1.82, 2.24) is 25.5 Å². The highest BCUT2D eigenvalue weighted by molar-refractivity contribution is 7.99. The van der Waals surface area contributed by atoms with Crippen LogP contribution in [-0.2, 0) is 11.3 Å². The Bertz CT molecular complexity index is 848. The summed E-state index contributed by atoms with van der Waals surface area (Å²) in [5.74, 6) is 0.877. The molecule has 2 heterocycles. The second-order valence-corrected chi connectivity index (χ2v) is 6.77. The fourth-order valence-corrected chi connectivity index (χ4v) is 2.87. The van der Waals surface area contributed by atoms with Crippen LogP contribution in [0.1, 0.15) is 5.56 Å². The quantitative estimate of drug-likeness (QED) is 0.623. The molecule has 134 valence electrons. The van der Waals surface area contributed by atoms with Gasteiger partial charge in [0.05, 0.1) is 5.75 Å². The molecule has 7 nitrogen and oxygen atoms in total. The first-order valence-electron chi connectivity index (χ1n) is 8.10. The zero-order valence-corrected chi connectivity index (χ0v) is 15.5. The largest absolute Gasteiger partial charge is 0.378 e. The average Bonchev–Trinajstić information content (AvgIpc) is 3.15. The average molecular weight is 368 g/mol. The molecule has 26 heavy (non-hydrogen) atoms. The Morgan fingerprint density at radius 1 is 1.15 bits per heavy atom. The number of hydrogen-bond acceptors (Lipinski definition) is 6. The molecule has 2 N–H and O–H groups in total. The molecule has 0 saturated carbocycles. The number of carbonyl (C=O) groups is 1. The number of aromatic nitrogens is 4. The minimum Gasteiger partial charge on any atom is -0.378 e. The third-order valence-electron chi connectivity index (χ3n) is 3.69. The first-order chi connectivity index (χ1) is 12.6. The number of rotatable bonds is 7. The van der Waals surface area contributed by atoms with Gasteiger partial charge >= 0.3 is 0 Å². The summed E-state index contributed by atoms with van der Waals surface area (Å²) in [5, 5.41) is 10.5. The number of nitrogens with one attached hydrogen (secondary N) is 2. The lowest BCUT2D eigenvalue weighted by Crippen LogP contribution is -2.24. The topological polar surface area (TPSA) is 86.8 Å². The van der Waals surface area contributed by atoms with Gasteiger partial charge in [-0.3, -0.25) is 14.9 Å². The maximum absolute atomic E-state index is 12.0. The second kappa shape index (κ2) is 8.48. The first-order valence-corrected chi connectivity index (χ1v) is 9.09. The monoisotopic (exact) mass is 368 g/mol. The van der Waals surface area contributed by atoms with Gasteiger partial charge < -0.3 is 10.2 Å². The zero-order chi connectivity index (χ0) is 18.4. The Labute approximate surface area is 156 Å². The van der Waals surface area contributed by atoms with Gasteiger partial charge in [-0.15, -0.1) is 5.10 Å². The molecule has 0 spiro atoms. The van der Waals surface area contributed by atoms with Crippen LogP contribution in [0.2, 0.25) is 0 Å². The summed E-state index contributed by atoms with van der Waals surface area (Å²) in [7, 11) is 3.99. The normalized spacial score (nSPS) is 10.5. The van der Waals surface area contributed by atoms with Crippen LogP contribution in [-0.4, -0.2) is 45.9 Å². The SMILES string of the molecule is CN(C)c1ccc(CNC(=O)CSc2n[nH]c(-c3ccncc3)n2)cc1. The van der Waals surface area contributed by atoms with Crippen molar-refractivity contribution >= 4 is 23.4 Å². The lowest BCUT2D eigenvalue weighted by Gasteiger charge is -2.12. The van der Waals surface area contributed by atoms with Crippen LogP contribution >= 0.6 is 11.8 Å². The molecule has 0 radical (unpaired) electrons. The second-order valence-electron chi connectivity index (χ2n) is 5.83. The van der Waals surface area contributed by atoms with Crippen molar-refractivity contribution in [2.45, 2.75) is 11.7 Å². The van der Waals surface area contributed by atoms with E-state index in [1.54, 1.807) is 12.4 Å². The number of nitrogens with zero attached hydrogens (tertiary/aromatic N) is 4. The fraction of sp³-hybridized carbons (Fsp3) is 0.222. The smallest absolute Gasteiger partial charge is 0.230 e. The van der Waals surface area contributed by atoms with Gasteiger partial charge in [0.15, 0.2) is 5.82 Å². The molecule has 1 aromatic carbocycles. The van der Waals surface area contributed by atoms with E-state index in [1.807, 2.05) is 55.4 Å². The molecule has 0 saturated heterocycles. The van der Waals surface area contributed by atoms with E-state index in [2.05, 4.69) is 25.5 Å². The van der Waals surface area contributed by atoms with Gasteiger partial charge in [0.25, 0.3) is 0 Å². The van der Waals surface area contributed by atoms with E-state index in [9.17, 15) is 4.79 Å². The Morgan fingerprint density at radius 3 is 2.58 bits per heavy atom. The third kappa shape index (κ3) is 4.82. The van der Waals surface area contributed by atoms with Gasteiger partial charge in [0.2, 0.25) is 11.1 Å². The molecule has 0 fully saturated rings. The zero-order valence-electron chi connectivity index (χ0n) is 14.6. The lowest BCUT2D eigenvalue weighted by molar-refractivity contribution is -0.118. The van der Waals surface area contributed by atoms with Crippen molar-refractivity contribution in [3.8, 4) is 11.4 Å². The standard InChI is InChI=1S/C18H20N6OS/c1-24(2)15-5-3-13(4-6-15)11-20-16(25)12-26-18-21-17(22-23-18)14-7-9-19-10-8-14/h3-10H,11-12H2,1-2H3,(H,20,25)(H,21,22,23). The minimum absolute atomic E-state index is 0.0538. The van der Waals surface area contributed by atoms with Gasteiger partial charge in [-0.25, -0.2) is 4.98 Å². The van der Waals surface area contributed by atoms with Crippen molar-refractivity contribution < 1.29 is 4.79 Å². The minimum atomic E-state index is -0.0538. The van der Waals surface area contributed by atoms with Crippen LogP contribution in [0.3, 0.4) is 0 Å². The van der Waals surface area contributed by atoms with Crippen LogP contribution in [0.25, 0.3) is 11.4 Å². The van der Waals surface area contributed by atoms with Gasteiger partial charge in [-0.05, 0) is 29.8 Å². The number of H-pyrrole nitrogens is 1. The highest BCUT2D eigenvalue weighted by Crippen LogP contribution is 2.18. The van der Waals surface area contributed by atoms with Gasteiger partial charge in [-0.2, -0.15) is 0 Å². The lowest BCUT2D eigenvalue weighted by atomic mass is 10.2. The van der Waals surface area contributed by atoms with Crippen molar-refractivity contribution in [3.05, 3.63) is 54.4 Å². The van der Waals surface area contributed by atoms with Crippen LogP contribution in [0.5, 0.6) is 0 Å². The molecule has 0 aliphatic heterocycles. The highest BCUT2D eigenvalue weighted by atomic mass is 32.2. The maximum Gasteiger partial charge on any atom is 0.230 e. The third-order valence-corrected chi connectivity index (χ3v) is 4.54. The van der Waals surface area contributed by atoms with Gasteiger partial charge in [0.1, 0.15) is 0 Å².